The van der Waals surface area contributed by atoms with Crippen LogP contribution in [0.25, 0.3) is 0 Å². The van der Waals surface area contributed by atoms with E-state index in [1.807, 2.05) is 6.92 Å². The van der Waals surface area contributed by atoms with Gasteiger partial charge in [-0.05, 0) is 53.2 Å². The molecule has 0 aromatic heterocycles. The summed E-state index contributed by atoms with van der Waals surface area (Å²) in [6, 6.07) is 8.93. The molecule has 5 heteroatoms. The molecular formula is C15H14BrF2NO. The molecule has 0 aliphatic carbocycles. The zero-order chi connectivity index (χ0) is 14.7. The van der Waals surface area contributed by atoms with E-state index < -0.39 is 0 Å². The molecule has 0 spiro atoms. The number of anilines is 1. The highest BCUT2D eigenvalue weighted by atomic mass is 79.9. The first-order valence-corrected chi connectivity index (χ1v) is 6.86. The van der Waals surface area contributed by atoms with Crippen molar-refractivity contribution in [2.24, 2.45) is 0 Å². The van der Waals surface area contributed by atoms with Crippen LogP contribution in [0, 0.1) is 11.6 Å². The molecule has 2 rings (SSSR count). The minimum absolute atomic E-state index is 0.316. The Balaban J connectivity index is 2.28. The number of halogens is 3. The minimum Gasteiger partial charge on any atom is -0.496 e. The zero-order valence-corrected chi connectivity index (χ0v) is 12.7. The Bertz CT molecular complexity index is 619. The summed E-state index contributed by atoms with van der Waals surface area (Å²) in [6.07, 6.45) is 0. The molecule has 0 aliphatic heterocycles. The van der Waals surface area contributed by atoms with E-state index in [9.17, 15) is 8.78 Å². The molecule has 0 fully saturated rings. The number of hydrogen-bond donors (Lipinski definition) is 1. The zero-order valence-electron chi connectivity index (χ0n) is 11.1. The van der Waals surface area contributed by atoms with Crippen LogP contribution in [0.4, 0.5) is 14.5 Å². The van der Waals surface area contributed by atoms with E-state index in [1.165, 1.54) is 19.2 Å². The molecule has 0 aliphatic rings. The fourth-order valence-electron chi connectivity index (χ4n) is 2.02. The molecule has 2 nitrogen and oxygen atoms in total. The van der Waals surface area contributed by atoms with Crippen molar-refractivity contribution in [3.8, 4) is 5.75 Å². The van der Waals surface area contributed by atoms with Gasteiger partial charge in [-0.1, -0.05) is 6.07 Å². The smallest absolute Gasteiger partial charge is 0.137 e. The van der Waals surface area contributed by atoms with Crippen molar-refractivity contribution < 1.29 is 13.5 Å². The summed E-state index contributed by atoms with van der Waals surface area (Å²) in [5.74, 6) is -0.205. The van der Waals surface area contributed by atoms with Gasteiger partial charge < -0.3 is 10.1 Å². The van der Waals surface area contributed by atoms with Crippen LogP contribution in [0.3, 0.4) is 0 Å². The lowest BCUT2D eigenvalue weighted by atomic mass is 10.1. The molecular weight excluding hydrogens is 328 g/mol. The molecule has 0 heterocycles. The quantitative estimate of drug-likeness (QED) is 0.853. The van der Waals surface area contributed by atoms with Crippen molar-refractivity contribution in [2.45, 2.75) is 13.0 Å². The molecule has 1 atom stereocenters. The van der Waals surface area contributed by atoms with Crippen LogP contribution in [0.5, 0.6) is 5.75 Å². The molecule has 1 N–H and O–H groups in total. The first kappa shape index (κ1) is 14.8. The van der Waals surface area contributed by atoms with Crippen LogP contribution >= 0.6 is 15.9 Å². The van der Waals surface area contributed by atoms with Crippen LogP contribution < -0.4 is 10.1 Å². The predicted molar refractivity (Wildman–Crippen MR) is 79.1 cm³/mol. The monoisotopic (exact) mass is 341 g/mol. The highest BCUT2D eigenvalue weighted by molar-refractivity contribution is 9.10. The highest BCUT2D eigenvalue weighted by Gasteiger charge is 2.16. The fraction of sp³-hybridized carbons (Fsp3) is 0.200. The van der Waals surface area contributed by atoms with Gasteiger partial charge in [0.25, 0.3) is 0 Å². The summed E-state index contributed by atoms with van der Waals surface area (Å²) in [7, 11) is 1.50. The summed E-state index contributed by atoms with van der Waals surface area (Å²) in [5, 5.41) is 3.13. The second-order valence-electron chi connectivity index (χ2n) is 4.35. The van der Waals surface area contributed by atoms with Gasteiger partial charge in [0.05, 0.1) is 23.2 Å². The average Bonchev–Trinajstić information content (AvgIpc) is 2.42. The van der Waals surface area contributed by atoms with Crippen LogP contribution in [-0.4, -0.2) is 7.11 Å². The number of benzene rings is 2. The first-order valence-electron chi connectivity index (χ1n) is 6.07. The van der Waals surface area contributed by atoms with Gasteiger partial charge in [0.2, 0.25) is 0 Å². The molecule has 2 aromatic carbocycles. The third kappa shape index (κ3) is 3.10. The number of nitrogens with one attached hydrogen (secondary N) is 1. The lowest BCUT2D eigenvalue weighted by Crippen LogP contribution is -2.10. The lowest BCUT2D eigenvalue weighted by molar-refractivity contribution is 0.402. The summed E-state index contributed by atoms with van der Waals surface area (Å²) >= 11 is 3.12. The summed E-state index contributed by atoms with van der Waals surface area (Å²) in [6.45, 7) is 1.82. The third-order valence-electron chi connectivity index (χ3n) is 2.97. The second-order valence-corrected chi connectivity index (χ2v) is 5.21. The predicted octanol–water partition coefficient (Wildman–Crippen LogP) is 4.91. The van der Waals surface area contributed by atoms with Crippen molar-refractivity contribution in [3.05, 3.63) is 58.1 Å². The SMILES string of the molecule is COc1cccc(F)c1C(C)Nc1ccc(F)c(Br)c1. The van der Waals surface area contributed by atoms with E-state index in [1.54, 1.807) is 24.3 Å². The summed E-state index contributed by atoms with van der Waals surface area (Å²) in [4.78, 5) is 0. The van der Waals surface area contributed by atoms with Gasteiger partial charge in [-0.3, -0.25) is 0 Å². The van der Waals surface area contributed by atoms with Crippen molar-refractivity contribution >= 4 is 21.6 Å². The standard InChI is InChI=1S/C15H14BrF2NO/c1-9(15-13(18)4-3-5-14(15)20-2)19-10-6-7-12(17)11(16)8-10/h3-9,19H,1-2H3. The van der Waals surface area contributed by atoms with Crippen LogP contribution in [-0.2, 0) is 0 Å². The van der Waals surface area contributed by atoms with Gasteiger partial charge in [0.15, 0.2) is 0 Å². The van der Waals surface area contributed by atoms with Crippen molar-refractivity contribution in [1.29, 1.82) is 0 Å². The molecule has 0 saturated carbocycles. The normalized spacial score (nSPS) is 12.1. The van der Waals surface area contributed by atoms with Crippen molar-refractivity contribution in [2.75, 3.05) is 12.4 Å². The van der Waals surface area contributed by atoms with E-state index in [-0.39, 0.29) is 17.7 Å². The molecule has 106 valence electrons. The van der Waals surface area contributed by atoms with E-state index in [0.717, 1.165) is 0 Å². The van der Waals surface area contributed by atoms with Gasteiger partial charge in [-0.2, -0.15) is 0 Å². The largest absolute Gasteiger partial charge is 0.496 e. The fourth-order valence-corrected chi connectivity index (χ4v) is 2.40. The van der Waals surface area contributed by atoms with Crippen LogP contribution in [0.2, 0.25) is 0 Å². The maximum atomic E-state index is 13.9. The Morgan fingerprint density at radius 1 is 1.15 bits per heavy atom. The number of ether oxygens (including phenoxy) is 1. The number of rotatable bonds is 4. The Morgan fingerprint density at radius 3 is 2.55 bits per heavy atom. The maximum Gasteiger partial charge on any atom is 0.137 e. The van der Waals surface area contributed by atoms with E-state index in [2.05, 4.69) is 21.2 Å². The van der Waals surface area contributed by atoms with Gasteiger partial charge in [0.1, 0.15) is 17.4 Å². The average molecular weight is 342 g/mol. The van der Waals surface area contributed by atoms with Gasteiger partial charge in [-0.15, -0.1) is 0 Å². The number of hydrogen-bond acceptors (Lipinski definition) is 2. The van der Waals surface area contributed by atoms with Gasteiger partial charge in [-0.25, -0.2) is 8.78 Å². The third-order valence-corrected chi connectivity index (χ3v) is 3.58. The van der Waals surface area contributed by atoms with Crippen molar-refractivity contribution in [1.82, 2.24) is 0 Å². The second kappa shape index (κ2) is 6.22. The molecule has 0 bridgehead atoms. The van der Waals surface area contributed by atoms with Crippen molar-refractivity contribution in [3.63, 3.8) is 0 Å². The molecule has 2 aromatic rings. The van der Waals surface area contributed by atoms with Crippen LogP contribution in [0.1, 0.15) is 18.5 Å². The van der Waals surface area contributed by atoms with E-state index in [4.69, 9.17) is 4.74 Å². The van der Waals surface area contributed by atoms with Crippen LogP contribution in [0.15, 0.2) is 40.9 Å². The Hall–Kier alpha value is -1.62. The van der Waals surface area contributed by atoms with Gasteiger partial charge in [0, 0.05) is 5.69 Å². The Kier molecular flexibility index (Phi) is 4.60. The number of methoxy groups -OCH3 is 1. The lowest BCUT2D eigenvalue weighted by Gasteiger charge is -2.19. The Labute approximate surface area is 124 Å². The summed E-state index contributed by atoms with van der Waals surface area (Å²) < 4.78 is 32.7. The highest BCUT2D eigenvalue weighted by Crippen LogP contribution is 2.31. The van der Waals surface area contributed by atoms with E-state index in [0.29, 0.717) is 21.5 Å². The summed E-state index contributed by atoms with van der Waals surface area (Å²) in [5.41, 5.74) is 1.13. The Morgan fingerprint density at radius 2 is 1.90 bits per heavy atom. The molecule has 0 radical (unpaired) electrons. The van der Waals surface area contributed by atoms with E-state index >= 15 is 0 Å². The first-order chi connectivity index (χ1) is 9.52. The topological polar surface area (TPSA) is 21.3 Å². The maximum absolute atomic E-state index is 13.9. The van der Waals surface area contributed by atoms with Gasteiger partial charge >= 0.3 is 0 Å². The molecule has 0 saturated heterocycles. The molecule has 0 amide bonds. The molecule has 1 unspecified atom stereocenters. The minimum atomic E-state index is -0.342. The molecule has 20 heavy (non-hydrogen) atoms.